The van der Waals surface area contributed by atoms with Crippen LogP contribution in [0.15, 0.2) is 34.5 Å². The van der Waals surface area contributed by atoms with Crippen molar-refractivity contribution in [1.29, 1.82) is 0 Å². The van der Waals surface area contributed by atoms with Crippen LogP contribution < -0.4 is 16.2 Å². The Balaban J connectivity index is 2.36. The second-order valence-electron chi connectivity index (χ2n) is 4.48. The van der Waals surface area contributed by atoms with Crippen molar-refractivity contribution in [3.63, 3.8) is 0 Å². The average Bonchev–Trinajstić information content (AvgIpc) is 2.79. The molecule has 0 aliphatic rings. The Bertz CT molecular complexity index is 839. The molecule has 0 bridgehead atoms. The van der Waals surface area contributed by atoms with Crippen molar-refractivity contribution in [1.82, 2.24) is 0 Å². The van der Waals surface area contributed by atoms with E-state index in [4.69, 9.17) is 11.5 Å². The first kappa shape index (κ1) is 16.0. The number of rotatable bonds is 5. The number of thiophene rings is 1. The molecule has 2 amide bonds. The largest absolute Gasteiger partial charge is 0.366 e. The van der Waals surface area contributed by atoms with Gasteiger partial charge in [-0.1, -0.05) is 0 Å². The summed E-state index contributed by atoms with van der Waals surface area (Å²) in [7, 11) is -3.90. The Labute approximate surface area is 131 Å². The van der Waals surface area contributed by atoms with Crippen LogP contribution in [0.25, 0.3) is 0 Å². The fourth-order valence-electron chi connectivity index (χ4n) is 1.80. The molecule has 0 aliphatic heterocycles. The molecule has 0 unspecified atom stereocenters. The quantitative estimate of drug-likeness (QED) is 0.751. The number of nitrogens with one attached hydrogen (secondary N) is 1. The van der Waals surface area contributed by atoms with E-state index in [0.29, 0.717) is 5.56 Å². The minimum Gasteiger partial charge on any atom is -0.366 e. The Morgan fingerprint density at radius 3 is 2.18 bits per heavy atom. The van der Waals surface area contributed by atoms with Crippen molar-refractivity contribution < 1.29 is 18.0 Å². The zero-order chi connectivity index (χ0) is 16.5. The van der Waals surface area contributed by atoms with Gasteiger partial charge >= 0.3 is 0 Å². The highest BCUT2D eigenvalue weighted by Crippen LogP contribution is 2.29. The van der Waals surface area contributed by atoms with Gasteiger partial charge in [-0.3, -0.25) is 14.3 Å². The summed E-state index contributed by atoms with van der Waals surface area (Å²) in [6.07, 6.45) is 0. The smallest absolute Gasteiger partial charge is 0.262 e. The molecule has 0 aliphatic carbocycles. The number of nitrogens with two attached hydrogens (primary N) is 2. The van der Waals surface area contributed by atoms with Gasteiger partial charge in [-0.05, 0) is 42.1 Å². The maximum atomic E-state index is 12.3. The number of carbonyl (C=O) groups is 2. The van der Waals surface area contributed by atoms with Crippen LogP contribution in [-0.2, 0) is 10.0 Å². The molecular weight excluding hydrogens is 326 g/mol. The van der Waals surface area contributed by atoms with Crippen LogP contribution >= 0.6 is 11.3 Å². The Kier molecular flexibility index (Phi) is 4.20. The van der Waals surface area contributed by atoms with E-state index in [9.17, 15) is 18.0 Å². The van der Waals surface area contributed by atoms with E-state index >= 15 is 0 Å². The first-order valence-electron chi connectivity index (χ1n) is 6.03. The summed E-state index contributed by atoms with van der Waals surface area (Å²) in [5.74, 6) is -1.36. The van der Waals surface area contributed by atoms with Gasteiger partial charge < -0.3 is 11.5 Å². The zero-order valence-corrected chi connectivity index (χ0v) is 13.1. The van der Waals surface area contributed by atoms with Crippen LogP contribution in [-0.4, -0.2) is 20.2 Å². The van der Waals surface area contributed by atoms with E-state index in [1.54, 1.807) is 12.3 Å². The maximum Gasteiger partial charge on any atom is 0.262 e. The number of amides is 2. The second kappa shape index (κ2) is 5.78. The molecule has 2 aromatic rings. The summed E-state index contributed by atoms with van der Waals surface area (Å²) in [5, 5.41) is 1.79. The highest BCUT2D eigenvalue weighted by molar-refractivity contribution is 7.93. The molecule has 0 radical (unpaired) electrons. The summed E-state index contributed by atoms with van der Waals surface area (Å²) < 4.78 is 26.9. The van der Waals surface area contributed by atoms with Crippen molar-refractivity contribution in [3.8, 4) is 0 Å². The van der Waals surface area contributed by atoms with Crippen LogP contribution in [0.1, 0.15) is 26.3 Å². The van der Waals surface area contributed by atoms with Gasteiger partial charge in [-0.25, -0.2) is 8.42 Å². The molecule has 5 N–H and O–H groups in total. The van der Waals surface area contributed by atoms with E-state index in [1.807, 2.05) is 0 Å². The van der Waals surface area contributed by atoms with E-state index in [0.717, 1.165) is 11.3 Å². The van der Waals surface area contributed by atoms with Crippen LogP contribution in [0.4, 0.5) is 5.00 Å². The predicted molar refractivity (Wildman–Crippen MR) is 83.3 cm³/mol. The van der Waals surface area contributed by atoms with Crippen molar-refractivity contribution in [3.05, 3.63) is 46.3 Å². The zero-order valence-electron chi connectivity index (χ0n) is 11.5. The fourth-order valence-corrected chi connectivity index (χ4v) is 4.08. The molecular formula is C13H13N3O4S2. The lowest BCUT2D eigenvalue weighted by atomic mass is 10.2. The predicted octanol–water partition coefficient (Wildman–Crippen LogP) is 1.06. The Hall–Kier alpha value is -2.39. The molecule has 1 heterocycles. The fraction of sp³-hybridized carbons (Fsp3) is 0.0769. The molecule has 0 atom stereocenters. The summed E-state index contributed by atoms with van der Waals surface area (Å²) in [5.41, 5.74) is 11.3. The summed E-state index contributed by atoms with van der Waals surface area (Å²) in [6.45, 7) is 1.66. The lowest BCUT2D eigenvalue weighted by molar-refractivity contribution is 0.0992. The number of carbonyl (C=O) groups excluding carboxylic acids is 2. The Morgan fingerprint density at radius 1 is 1.09 bits per heavy atom. The highest BCUT2D eigenvalue weighted by Gasteiger charge is 2.21. The molecule has 9 heteroatoms. The molecule has 2 rings (SSSR count). The van der Waals surface area contributed by atoms with E-state index in [1.165, 1.54) is 24.3 Å². The normalized spacial score (nSPS) is 11.1. The van der Waals surface area contributed by atoms with Gasteiger partial charge in [0.15, 0.2) is 0 Å². The number of primary amides is 2. The molecule has 1 aromatic carbocycles. The number of anilines is 1. The third-order valence-corrected chi connectivity index (χ3v) is 5.41. The lowest BCUT2D eigenvalue weighted by Gasteiger charge is -2.08. The van der Waals surface area contributed by atoms with Gasteiger partial charge in [0.25, 0.3) is 15.9 Å². The van der Waals surface area contributed by atoms with Crippen molar-refractivity contribution >= 4 is 38.2 Å². The van der Waals surface area contributed by atoms with Crippen LogP contribution in [0, 0.1) is 6.92 Å². The van der Waals surface area contributed by atoms with Gasteiger partial charge in [0.1, 0.15) is 5.00 Å². The molecule has 7 nitrogen and oxygen atoms in total. The number of aryl methyl sites for hydroxylation is 1. The lowest BCUT2D eigenvalue weighted by Crippen LogP contribution is -2.18. The van der Waals surface area contributed by atoms with Crippen molar-refractivity contribution in [2.45, 2.75) is 11.8 Å². The van der Waals surface area contributed by atoms with Gasteiger partial charge in [-0.15, -0.1) is 11.3 Å². The number of hydrogen-bond acceptors (Lipinski definition) is 5. The molecule has 1 aromatic heterocycles. The van der Waals surface area contributed by atoms with Gasteiger partial charge in [0, 0.05) is 5.56 Å². The second-order valence-corrected chi connectivity index (χ2v) is 7.04. The van der Waals surface area contributed by atoms with Crippen molar-refractivity contribution in [2.24, 2.45) is 11.5 Å². The third kappa shape index (κ3) is 3.10. The topological polar surface area (TPSA) is 132 Å². The van der Waals surface area contributed by atoms with Crippen LogP contribution in [0.3, 0.4) is 0 Å². The molecule has 0 fully saturated rings. The highest BCUT2D eigenvalue weighted by atomic mass is 32.2. The molecule has 116 valence electrons. The first-order valence-corrected chi connectivity index (χ1v) is 8.39. The molecule has 22 heavy (non-hydrogen) atoms. The van der Waals surface area contributed by atoms with Crippen LogP contribution in [0.2, 0.25) is 0 Å². The van der Waals surface area contributed by atoms with E-state index < -0.39 is 21.8 Å². The Morgan fingerprint density at radius 2 is 1.68 bits per heavy atom. The number of sulfonamides is 1. The molecule has 0 saturated carbocycles. The van der Waals surface area contributed by atoms with E-state index in [2.05, 4.69) is 4.72 Å². The first-order chi connectivity index (χ1) is 10.2. The number of benzene rings is 1. The number of hydrogen-bond donors (Lipinski definition) is 3. The summed E-state index contributed by atoms with van der Waals surface area (Å²) in [4.78, 5) is 22.3. The van der Waals surface area contributed by atoms with Crippen LogP contribution in [0.5, 0.6) is 0 Å². The summed E-state index contributed by atoms with van der Waals surface area (Å²) in [6, 6.07) is 5.14. The average molecular weight is 339 g/mol. The van der Waals surface area contributed by atoms with Gasteiger partial charge in [0.05, 0.1) is 10.5 Å². The van der Waals surface area contributed by atoms with Gasteiger partial charge in [-0.2, -0.15) is 0 Å². The van der Waals surface area contributed by atoms with Gasteiger partial charge in [0.2, 0.25) is 5.91 Å². The standard InChI is InChI=1S/C13H13N3O4S2/c1-7-6-21-13(10(7)12(15)18)16-22(19,20)9-4-2-8(3-5-9)11(14)17/h2-6,16H,1H3,(H2,14,17)(H2,15,18). The molecule has 0 saturated heterocycles. The molecule has 0 spiro atoms. The SMILES string of the molecule is Cc1csc(NS(=O)(=O)c2ccc(C(N)=O)cc2)c1C(N)=O. The van der Waals surface area contributed by atoms with Crippen molar-refractivity contribution in [2.75, 3.05) is 4.72 Å². The minimum absolute atomic E-state index is 0.0565. The monoisotopic (exact) mass is 339 g/mol. The maximum absolute atomic E-state index is 12.3. The third-order valence-electron chi connectivity index (χ3n) is 2.90. The van der Waals surface area contributed by atoms with E-state index in [-0.39, 0.29) is 21.0 Å². The minimum atomic E-state index is -3.90. The summed E-state index contributed by atoms with van der Waals surface area (Å²) >= 11 is 1.07.